The average molecular weight is 219 g/mol. The van der Waals surface area contributed by atoms with Crippen LogP contribution in [0, 0.1) is 0 Å². The first-order valence-electron chi connectivity index (χ1n) is 5.59. The molecule has 3 nitrogen and oxygen atoms in total. The molecule has 0 saturated heterocycles. The minimum atomic E-state index is 0.202. The molecule has 1 amide bonds. The summed E-state index contributed by atoms with van der Waals surface area (Å²) in [5.41, 5.74) is 1.04. The summed E-state index contributed by atoms with van der Waals surface area (Å²) in [5.74, 6) is 1.03. The van der Waals surface area contributed by atoms with Crippen LogP contribution in [0.25, 0.3) is 0 Å². The summed E-state index contributed by atoms with van der Waals surface area (Å²) in [6.07, 6.45) is 2.80. The van der Waals surface area contributed by atoms with E-state index in [1.54, 1.807) is 7.11 Å². The summed E-state index contributed by atoms with van der Waals surface area (Å²) in [6, 6.07) is 8.15. The number of nitrogens with zero attached hydrogens (tertiary/aromatic N) is 1. The fourth-order valence-corrected chi connectivity index (χ4v) is 1.71. The second-order valence-electron chi connectivity index (χ2n) is 4.26. The Morgan fingerprint density at radius 1 is 1.38 bits per heavy atom. The average Bonchev–Trinajstić information content (AvgIpc) is 3.13. The number of carbonyl (C=O) groups is 1. The number of rotatable bonds is 4. The Hall–Kier alpha value is -1.51. The number of methoxy groups -OCH3 is 1. The van der Waals surface area contributed by atoms with Crippen LogP contribution in [-0.4, -0.2) is 31.0 Å². The highest BCUT2D eigenvalue weighted by Gasteiger charge is 2.29. The van der Waals surface area contributed by atoms with Crippen molar-refractivity contribution in [2.45, 2.75) is 25.3 Å². The standard InChI is InChI=1S/C13H17NO2/c1-14(11-5-6-11)13(15)9-10-3-7-12(16-2)8-4-10/h3-4,7-8,11H,5-6,9H2,1-2H3. The van der Waals surface area contributed by atoms with Gasteiger partial charge in [-0.25, -0.2) is 0 Å². The van der Waals surface area contributed by atoms with Gasteiger partial charge in [0.15, 0.2) is 0 Å². The molecule has 0 aliphatic heterocycles. The molecule has 1 aliphatic carbocycles. The van der Waals surface area contributed by atoms with Crippen LogP contribution >= 0.6 is 0 Å². The molecule has 3 heteroatoms. The molecule has 1 aliphatic rings. The molecule has 1 aromatic rings. The van der Waals surface area contributed by atoms with Gasteiger partial charge in [0.1, 0.15) is 5.75 Å². The molecule has 0 spiro atoms. The van der Waals surface area contributed by atoms with Gasteiger partial charge in [-0.05, 0) is 30.5 Å². The molecule has 0 aromatic heterocycles. The van der Waals surface area contributed by atoms with Gasteiger partial charge in [0.25, 0.3) is 0 Å². The third-order valence-corrected chi connectivity index (χ3v) is 3.00. The smallest absolute Gasteiger partial charge is 0.226 e. The second kappa shape index (κ2) is 4.56. The Balaban J connectivity index is 1.94. The largest absolute Gasteiger partial charge is 0.497 e. The summed E-state index contributed by atoms with van der Waals surface area (Å²) < 4.78 is 5.07. The van der Waals surface area contributed by atoms with Crippen LogP contribution in [0.2, 0.25) is 0 Å². The van der Waals surface area contributed by atoms with Gasteiger partial charge in [0.2, 0.25) is 5.91 Å². The van der Waals surface area contributed by atoms with Crippen molar-refractivity contribution in [3.8, 4) is 5.75 Å². The number of carbonyl (C=O) groups excluding carboxylic acids is 1. The minimum Gasteiger partial charge on any atom is -0.497 e. The molecule has 1 aromatic carbocycles. The van der Waals surface area contributed by atoms with Crippen LogP contribution in [0.3, 0.4) is 0 Å². The fourth-order valence-electron chi connectivity index (χ4n) is 1.71. The molecule has 1 fully saturated rings. The van der Waals surface area contributed by atoms with E-state index in [1.807, 2.05) is 36.2 Å². The van der Waals surface area contributed by atoms with Gasteiger partial charge in [-0.2, -0.15) is 0 Å². The van der Waals surface area contributed by atoms with Gasteiger partial charge >= 0.3 is 0 Å². The van der Waals surface area contributed by atoms with E-state index in [1.165, 1.54) is 0 Å². The molecule has 0 bridgehead atoms. The van der Waals surface area contributed by atoms with E-state index >= 15 is 0 Å². The predicted octanol–water partition coefficient (Wildman–Crippen LogP) is 1.86. The van der Waals surface area contributed by atoms with Crippen molar-refractivity contribution in [1.29, 1.82) is 0 Å². The van der Waals surface area contributed by atoms with Crippen LogP contribution in [0.5, 0.6) is 5.75 Å². The summed E-state index contributed by atoms with van der Waals surface area (Å²) >= 11 is 0. The van der Waals surface area contributed by atoms with Gasteiger partial charge in [-0.1, -0.05) is 12.1 Å². The van der Waals surface area contributed by atoms with E-state index in [9.17, 15) is 4.79 Å². The maximum absolute atomic E-state index is 11.8. The first-order chi connectivity index (χ1) is 7.70. The van der Waals surface area contributed by atoms with Crippen LogP contribution < -0.4 is 4.74 Å². The first kappa shape index (κ1) is 11.0. The minimum absolute atomic E-state index is 0.202. The number of likely N-dealkylation sites (N-methyl/N-ethyl adjacent to an activating group) is 1. The van der Waals surface area contributed by atoms with Crippen LogP contribution in [0.15, 0.2) is 24.3 Å². The summed E-state index contributed by atoms with van der Waals surface area (Å²) in [7, 11) is 3.53. The predicted molar refractivity (Wildman–Crippen MR) is 62.5 cm³/mol. The molecule has 0 atom stereocenters. The quantitative estimate of drug-likeness (QED) is 0.773. The zero-order chi connectivity index (χ0) is 11.5. The molecule has 0 heterocycles. The van der Waals surface area contributed by atoms with E-state index < -0.39 is 0 Å². The first-order valence-corrected chi connectivity index (χ1v) is 5.59. The number of ether oxygens (including phenoxy) is 1. The Morgan fingerprint density at radius 3 is 2.50 bits per heavy atom. The molecule has 1 saturated carbocycles. The maximum Gasteiger partial charge on any atom is 0.226 e. The molecule has 16 heavy (non-hydrogen) atoms. The summed E-state index contributed by atoms with van der Waals surface area (Å²) in [4.78, 5) is 13.7. The van der Waals surface area contributed by atoms with Gasteiger partial charge in [0, 0.05) is 13.1 Å². The lowest BCUT2D eigenvalue weighted by Crippen LogP contribution is -2.30. The highest BCUT2D eigenvalue weighted by molar-refractivity contribution is 5.79. The highest BCUT2D eigenvalue weighted by atomic mass is 16.5. The zero-order valence-electron chi connectivity index (χ0n) is 9.77. The monoisotopic (exact) mass is 219 g/mol. The lowest BCUT2D eigenvalue weighted by atomic mass is 10.1. The molecule has 0 unspecified atom stereocenters. The Kier molecular flexibility index (Phi) is 3.13. The third kappa shape index (κ3) is 2.54. The highest BCUT2D eigenvalue weighted by Crippen LogP contribution is 2.25. The lowest BCUT2D eigenvalue weighted by Gasteiger charge is -2.16. The van der Waals surface area contributed by atoms with E-state index in [0.29, 0.717) is 12.5 Å². The number of amides is 1. The van der Waals surface area contributed by atoms with E-state index in [4.69, 9.17) is 4.74 Å². The number of hydrogen-bond acceptors (Lipinski definition) is 2. The molecule has 86 valence electrons. The molecule has 2 rings (SSSR count). The van der Waals surface area contributed by atoms with Crippen molar-refractivity contribution in [2.75, 3.05) is 14.2 Å². The van der Waals surface area contributed by atoms with E-state index in [0.717, 1.165) is 24.2 Å². The zero-order valence-corrected chi connectivity index (χ0v) is 9.77. The Bertz CT molecular complexity index is 368. The Morgan fingerprint density at radius 2 is 2.00 bits per heavy atom. The number of hydrogen-bond donors (Lipinski definition) is 0. The van der Waals surface area contributed by atoms with Gasteiger partial charge in [-0.3, -0.25) is 4.79 Å². The lowest BCUT2D eigenvalue weighted by molar-refractivity contribution is -0.129. The second-order valence-corrected chi connectivity index (χ2v) is 4.26. The van der Waals surface area contributed by atoms with Gasteiger partial charge in [0.05, 0.1) is 13.5 Å². The van der Waals surface area contributed by atoms with E-state index in [2.05, 4.69) is 0 Å². The van der Waals surface area contributed by atoms with Crippen molar-refractivity contribution >= 4 is 5.91 Å². The molecule has 0 radical (unpaired) electrons. The summed E-state index contributed by atoms with van der Waals surface area (Å²) in [6.45, 7) is 0. The van der Waals surface area contributed by atoms with E-state index in [-0.39, 0.29) is 5.91 Å². The van der Waals surface area contributed by atoms with Crippen molar-refractivity contribution < 1.29 is 9.53 Å². The fraction of sp³-hybridized carbons (Fsp3) is 0.462. The van der Waals surface area contributed by atoms with Crippen molar-refractivity contribution in [2.24, 2.45) is 0 Å². The normalized spacial score (nSPS) is 14.6. The van der Waals surface area contributed by atoms with Crippen LogP contribution in [-0.2, 0) is 11.2 Å². The third-order valence-electron chi connectivity index (χ3n) is 3.00. The molecular weight excluding hydrogens is 202 g/mol. The van der Waals surface area contributed by atoms with Crippen molar-refractivity contribution in [3.63, 3.8) is 0 Å². The van der Waals surface area contributed by atoms with Crippen molar-refractivity contribution in [3.05, 3.63) is 29.8 Å². The van der Waals surface area contributed by atoms with Gasteiger partial charge in [-0.15, -0.1) is 0 Å². The molecule has 0 N–H and O–H groups in total. The molecular formula is C13H17NO2. The number of benzene rings is 1. The van der Waals surface area contributed by atoms with Crippen LogP contribution in [0.4, 0.5) is 0 Å². The summed E-state index contributed by atoms with van der Waals surface area (Å²) in [5, 5.41) is 0. The Labute approximate surface area is 96.0 Å². The maximum atomic E-state index is 11.8. The van der Waals surface area contributed by atoms with Crippen molar-refractivity contribution in [1.82, 2.24) is 4.90 Å². The topological polar surface area (TPSA) is 29.5 Å². The van der Waals surface area contributed by atoms with Crippen LogP contribution in [0.1, 0.15) is 18.4 Å². The van der Waals surface area contributed by atoms with Gasteiger partial charge < -0.3 is 9.64 Å². The SMILES string of the molecule is COc1ccc(CC(=O)N(C)C2CC2)cc1.